The predicted octanol–water partition coefficient (Wildman–Crippen LogP) is 2.51. The van der Waals surface area contributed by atoms with E-state index < -0.39 is 11.8 Å². The zero-order valence-electron chi connectivity index (χ0n) is 8.91. The summed E-state index contributed by atoms with van der Waals surface area (Å²) in [6.45, 7) is 0. The summed E-state index contributed by atoms with van der Waals surface area (Å²) in [6, 6.07) is 3.91. The number of carbonyl (C=O) groups excluding carboxylic acids is 1. The first-order chi connectivity index (χ1) is 7.66. The van der Waals surface area contributed by atoms with Crippen LogP contribution in [0, 0.1) is 5.82 Å². The minimum atomic E-state index is -0.614. The van der Waals surface area contributed by atoms with Crippen molar-refractivity contribution >= 4 is 11.7 Å². The van der Waals surface area contributed by atoms with Crippen LogP contribution in [0.4, 0.5) is 10.1 Å². The first kappa shape index (κ1) is 10.9. The minimum Gasteiger partial charge on any atom is -0.459 e. The molecule has 0 unspecified atom stereocenters. The maximum atomic E-state index is 13.3. The van der Waals surface area contributed by atoms with Gasteiger partial charge in [-0.15, -0.1) is 0 Å². The summed E-state index contributed by atoms with van der Waals surface area (Å²) < 4.78 is 18.5. The Morgan fingerprint density at radius 3 is 2.75 bits per heavy atom. The summed E-state index contributed by atoms with van der Waals surface area (Å²) >= 11 is 0. The van der Waals surface area contributed by atoms with Gasteiger partial charge in [0.1, 0.15) is 11.9 Å². The molecule has 1 saturated carbocycles. The number of esters is 1. The van der Waals surface area contributed by atoms with E-state index in [4.69, 9.17) is 10.5 Å². The molecule has 1 aliphatic carbocycles. The van der Waals surface area contributed by atoms with E-state index in [9.17, 15) is 9.18 Å². The van der Waals surface area contributed by atoms with E-state index in [1.807, 2.05) is 0 Å². The highest BCUT2D eigenvalue weighted by atomic mass is 19.1. The molecule has 1 fully saturated rings. The third-order valence-electron chi connectivity index (χ3n) is 2.79. The van der Waals surface area contributed by atoms with Crippen molar-refractivity contribution in [2.45, 2.75) is 31.8 Å². The van der Waals surface area contributed by atoms with E-state index in [0.717, 1.165) is 25.7 Å². The lowest BCUT2D eigenvalue weighted by Gasteiger charge is -2.11. The molecule has 0 spiro atoms. The Morgan fingerprint density at radius 1 is 1.38 bits per heavy atom. The van der Waals surface area contributed by atoms with Crippen LogP contribution in [0.1, 0.15) is 36.0 Å². The number of hydrogen-bond donors (Lipinski definition) is 1. The molecule has 3 nitrogen and oxygen atoms in total. The molecular formula is C12H14FNO2. The van der Waals surface area contributed by atoms with Gasteiger partial charge in [-0.1, -0.05) is 0 Å². The van der Waals surface area contributed by atoms with Crippen molar-refractivity contribution in [2.75, 3.05) is 5.73 Å². The van der Waals surface area contributed by atoms with Gasteiger partial charge >= 0.3 is 5.97 Å². The summed E-state index contributed by atoms with van der Waals surface area (Å²) in [5.41, 5.74) is 5.78. The highest BCUT2D eigenvalue weighted by molar-refractivity contribution is 5.90. The molecule has 0 aliphatic heterocycles. The molecule has 2 rings (SSSR count). The molecule has 86 valence electrons. The monoisotopic (exact) mass is 223 g/mol. The van der Waals surface area contributed by atoms with Crippen molar-refractivity contribution in [1.82, 2.24) is 0 Å². The summed E-state index contributed by atoms with van der Waals surface area (Å²) in [6.07, 6.45) is 3.81. The van der Waals surface area contributed by atoms with Crippen LogP contribution in [0.25, 0.3) is 0 Å². The third kappa shape index (κ3) is 2.32. The minimum absolute atomic E-state index is 0.0617. The van der Waals surface area contributed by atoms with Crippen LogP contribution in [0.5, 0.6) is 0 Å². The number of nitrogen functional groups attached to an aromatic ring is 1. The van der Waals surface area contributed by atoms with Gasteiger partial charge in [0.05, 0.1) is 5.56 Å². The molecule has 0 bridgehead atoms. The van der Waals surface area contributed by atoms with E-state index in [1.165, 1.54) is 18.2 Å². The Balaban J connectivity index is 2.10. The second kappa shape index (κ2) is 4.51. The molecule has 0 saturated heterocycles. The van der Waals surface area contributed by atoms with Crippen LogP contribution in [0.2, 0.25) is 0 Å². The van der Waals surface area contributed by atoms with Gasteiger partial charge in [-0.3, -0.25) is 0 Å². The third-order valence-corrected chi connectivity index (χ3v) is 2.79. The number of hydrogen-bond acceptors (Lipinski definition) is 3. The van der Waals surface area contributed by atoms with Gasteiger partial charge in [0.15, 0.2) is 0 Å². The van der Waals surface area contributed by atoms with Gasteiger partial charge in [0.2, 0.25) is 0 Å². The molecule has 2 N–H and O–H groups in total. The fraction of sp³-hybridized carbons (Fsp3) is 0.417. The molecule has 1 aromatic carbocycles. The van der Waals surface area contributed by atoms with Crippen LogP contribution in [0.15, 0.2) is 18.2 Å². The molecule has 4 heteroatoms. The smallest absolute Gasteiger partial charge is 0.341 e. The summed E-state index contributed by atoms with van der Waals surface area (Å²) in [5.74, 6) is -1.20. The molecule has 0 atom stereocenters. The van der Waals surface area contributed by atoms with Gasteiger partial charge in [-0.05, 0) is 43.9 Å². The Morgan fingerprint density at radius 2 is 2.06 bits per heavy atom. The number of carbonyl (C=O) groups is 1. The maximum Gasteiger partial charge on any atom is 0.341 e. The van der Waals surface area contributed by atoms with Gasteiger partial charge in [-0.2, -0.15) is 0 Å². The van der Waals surface area contributed by atoms with Gasteiger partial charge in [-0.25, -0.2) is 9.18 Å². The molecule has 0 aromatic heterocycles. The SMILES string of the molecule is Nc1ccc(F)c(C(=O)OC2CCCC2)c1. The van der Waals surface area contributed by atoms with E-state index in [-0.39, 0.29) is 11.7 Å². The fourth-order valence-corrected chi connectivity index (χ4v) is 1.92. The Bertz CT molecular complexity index is 400. The number of benzene rings is 1. The topological polar surface area (TPSA) is 52.3 Å². The van der Waals surface area contributed by atoms with Crippen molar-refractivity contribution in [1.29, 1.82) is 0 Å². The van der Waals surface area contributed by atoms with Crippen LogP contribution in [0.3, 0.4) is 0 Å². The lowest BCUT2D eigenvalue weighted by molar-refractivity contribution is 0.0312. The largest absolute Gasteiger partial charge is 0.459 e. The highest BCUT2D eigenvalue weighted by Gasteiger charge is 2.21. The van der Waals surface area contributed by atoms with E-state index in [1.54, 1.807) is 0 Å². The van der Waals surface area contributed by atoms with E-state index in [2.05, 4.69) is 0 Å². The highest BCUT2D eigenvalue weighted by Crippen LogP contribution is 2.23. The van der Waals surface area contributed by atoms with Crippen molar-refractivity contribution in [3.8, 4) is 0 Å². The van der Waals surface area contributed by atoms with Crippen molar-refractivity contribution in [2.24, 2.45) is 0 Å². The van der Waals surface area contributed by atoms with Gasteiger partial charge < -0.3 is 10.5 Å². The first-order valence-corrected chi connectivity index (χ1v) is 5.43. The molecule has 1 aromatic rings. The summed E-state index contributed by atoms with van der Waals surface area (Å²) in [5, 5.41) is 0. The van der Waals surface area contributed by atoms with Crippen molar-refractivity contribution < 1.29 is 13.9 Å². The number of nitrogens with two attached hydrogens (primary N) is 1. The second-order valence-corrected chi connectivity index (χ2v) is 4.05. The maximum absolute atomic E-state index is 13.3. The number of halogens is 1. The molecular weight excluding hydrogens is 209 g/mol. The Labute approximate surface area is 93.4 Å². The fourth-order valence-electron chi connectivity index (χ4n) is 1.92. The lowest BCUT2D eigenvalue weighted by Crippen LogP contribution is -2.16. The number of ether oxygens (including phenoxy) is 1. The average molecular weight is 223 g/mol. The first-order valence-electron chi connectivity index (χ1n) is 5.43. The molecule has 16 heavy (non-hydrogen) atoms. The second-order valence-electron chi connectivity index (χ2n) is 4.05. The predicted molar refractivity (Wildman–Crippen MR) is 58.5 cm³/mol. The van der Waals surface area contributed by atoms with Gasteiger partial charge in [0, 0.05) is 5.69 Å². The Hall–Kier alpha value is -1.58. The molecule has 1 aliphatic rings. The van der Waals surface area contributed by atoms with Crippen LogP contribution in [-0.2, 0) is 4.74 Å². The molecule has 0 radical (unpaired) electrons. The van der Waals surface area contributed by atoms with E-state index in [0.29, 0.717) is 5.69 Å². The quantitative estimate of drug-likeness (QED) is 0.619. The number of rotatable bonds is 2. The van der Waals surface area contributed by atoms with Crippen LogP contribution >= 0.6 is 0 Å². The van der Waals surface area contributed by atoms with E-state index >= 15 is 0 Å². The zero-order chi connectivity index (χ0) is 11.5. The van der Waals surface area contributed by atoms with Crippen molar-refractivity contribution in [3.63, 3.8) is 0 Å². The summed E-state index contributed by atoms with van der Waals surface area (Å²) in [4.78, 5) is 11.7. The normalized spacial score (nSPS) is 16.3. The zero-order valence-corrected chi connectivity index (χ0v) is 8.91. The Kier molecular flexibility index (Phi) is 3.08. The van der Waals surface area contributed by atoms with Gasteiger partial charge in [0.25, 0.3) is 0 Å². The summed E-state index contributed by atoms with van der Waals surface area (Å²) in [7, 11) is 0. The standard InChI is InChI=1S/C12H14FNO2/c13-11-6-5-8(14)7-10(11)12(15)16-9-3-1-2-4-9/h5-7,9H,1-4,14H2. The van der Waals surface area contributed by atoms with Crippen LogP contribution < -0.4 is 5.73 Å². The lowest BCUT2D eigenvalue weighted by atomic mass is 10.2. The number of anilines is 1. The molecule has 0 heterocycles. The average Bonchev–Trinajstić information content (AvgIpc) is 2.74. The van der Waals surface area contributed by atoms with Crippen molar-refractivity contribution in [3.05, 3.63) is 29.6 Å². The molecule has 0 amide bonds. The van der Waals surface area contributed by atoms with Crippen LogP contribution in [-0.4, -0.2) is 12.1 Å².